The van der Waals surface area contributed by atoms with Crippen molar-refractivity contribution >= 4 is 11.7 Å². The van der Waals surface area contributed by atoms with Crippen molar-refractivity contribution in [3.63, 3.8) is 0 Å². The molecule has 3 heteroatoms. The predicted molar refractivity (Wildman–Crippen MR) is 73.0 cm³/mol. The highest BCUT2D eigenvalue weighted by Gasteiger charge is 2.46. The van der Waals surface area contributed by atoms with Crippen LogP contribution < -0.4 is 4.90 Å². The molecule has 1 aliphatic rings. The Bertz CT molecular complexity index is 419. The number of carboxylic acid groups (broad SMARTS) is 1. The minimum Gasteiger partial charge on any atom is -0.479 e. The van der Waals surface area contributed by atoms with Crippen LogP contribution in [0.3, 0.4) is 0 Å². The molecule has 0 radical (unpaired) electrons. The van der Waals surface area contributed by atoms with E-state index in [0.717, 1.165) is 37.9 Å². The van der Waals surface area contributed by atoms with Crippen LogP contribution in [0.2, 0.25) is 0 Å². The topological polar surface area (TPSA) is 40.5 Å². The molecule has 1 aliphatic carbocycles. The summed E-state index contributed by atoms with van der Waals surface area (Å²) in [4.78, 5) is 13.8. The standard InChI is InChI=1S/C15H21NO2/c1-3-16(13-8-6-12(2)7-9-13)15(14(17)18)10-4-5-11-15/h6-9H,3-5,10-11H2,1-2H3,(H,17,18). The summed E-state index contributed by atoms with van der Waals surface area (Å²) in [7, 11) is 0. The third-order valence-corrected chi connectivity index (χ3v) is 4.01. The Morgan fingerprint density at radius 2 is 1.83 bits per heavy atom. The lowest BCUT2D eigenvalue weighted by Crippen LogP contribution is -2.53. The molecule has 0 spiro atoms. The van der Waals surface area contributed by atoms with E-state index in [0.29, 0.717) is 0 Å². The first-order valence-electron chi connectivity index (χ1n) is 6.68. The van der Waals surface area contributed by atoms with Gasteiger partial charge in [0.1, 0.15) is 5.54 Å². The zero-order chi connectivity index (χ0) is 13.2. The number of nitrogens with zero attached hydrogens (tertiary/aromatic N) is 1. The molecule has 1 fully saturated rings. The van der Waals surface area contributed by atoms with Crippen LogP contribution in [0.25, 0.3) is 0 Å². The highest BCUT2D eigenvalue weighted by atomic mass is 16.4. The summed E-state index contributed by atoms with van der Waals surface area (Å²) in [6.07, 6.45) is 3.53. The van der Waals surface area contributed by atoms with E-state index in [1.165, 1.54) is 5.56 Å². The summed E-state index contributed by atoms with van der Waals surface area (Å²) in [6, 6.07) is 8.15. The number of hydrogen-bond acceptors (Lipinski definition) is 2. The van der Waals surface area contributed by atoms with Gasteiger partial charge < -0.3 is 10.0 Å². The fraction of sp³-hybridized carbons (Fsp3) is 0.533. The Balaban J connectivity index is 2.37. The number of anilines is 1. The average molecular weight is 247 g/mol. The van der Waals surface area contributed by atoms with Gasteiger partial charge in [0, 0.05) is 12.2 Å². The summed E-state index contributed by atoms with van der Waals surface area (Å²) in [5.41, 5.74) is 1.53. The summed E-state index contributed by atoms with van der Waals surface area (Å²) in [6.45, 7) is 4.81. The molecule has 18 heavy (non-hydrogen) atoms. The molecule has 2 rings (SSSR count). The van der Waals surface area contributed by atoms with Crippen molar-refractivity contribution < 1.29 is 9.90 Å². The molecule has 0 saturated heterocycles. The van der Waals surface area contributed by atoms with Crippen molar-refractivity contribution in [3.8, 4) is 0 Å². The Labute approximate surface area is 108 Å². The summed E-state index contributed by atoms with van der Waals surface area (Å²) in [5.74, 6) is -0.678. The lowest BCUT2D eigenvalue weighted by molar-refractivity contribution is -0.143. The van der Waals surface area contributed by atoms with Gasteiger partial charge in [-0.1, -0.05) is 30.5 Å². The van der Waals surface area contributed by atoms with E-state index in [9.17, 15) is 9.90 Å². The van der Waals surface area contributed by atoms with Gasteiger partial charge in [0.15, 0.2) is 0 Å². The van der Waals surface area contributed by atoms with Crippen molar-refractivity contribution in [2.75, 3.05) is 11.4 Å². The molecule has 0 aliphatic heterocycles. The van der Waals surface area contributed by atoms with Gasteiger partial charge in [-0.3, -0.25) is 0 Å². The smallest absolute Gasteiger partial charge is 0.329 e. The minimum atomic E-state index is -0.690. The van der Waals surface area contributed by atoms with E-state index < -0.39 is 11.5 Å². The van der Waals surface area contributed by atoms with Gasteiger partial charge in [0.2, 0.25) is 0 Å². The molecular weight excluding hydrogens is 226 g/mol. The maximum Gasteiger partial charge on any atom is 0.329 e. The van der Waals surface area contributed by atoms with E-state index in [2.05, 4.69) is 4.90 Å². The van der Waals surface area contributed by atoms with Crippen LogP contribution in [-0.2, 0) is 4.79 Å². The number of likely N-dealkylation sites (N-methyl/N-ethyl adjacent to an activating group) is 1. The quantitative estimate of drug-likeness (QED) is 0.888. The summed E-state index contributed by atoms with van der Waals surface area (Å²) >= 11 is 0. The lowest BCUT2D eigenvalue weighted by Gasteiger charge is -2.39. The molecule has 0 bridgehead atoms. The molecule has 1 N–H and O–H groups in total. The van der Waals surface area contributed by atoms with E-state index in [4.69, 9.17) is 0 Å². The largest absolute Gasteiger partial charge is 0.479 e. The van der Waals surface area contributed by atoms with Gasteiger partial charge in [-0.2, -0.15) is 0 Å². The zero-order valence-electron chi connectivity index (χ0n) is 11.1. The first-order valence-corrected chi connectivity index (χ1v) is 6.68. The minimum absolute atomic E-state index is 0.678. The molecular formula is C15H21NO2. The molecule has 3 nitrogen and oxygen atoms in total. The molecule has 1 saturated carbocycles. The van der Waals surface area contributed by atoms with E-state index in [1.807, 2.05) is 38.1 Å². The number of benzene rings is 1. The fourth-order valence-corrected chi connectivity index (χ4v) is 3.02. The van der Waals surface area contributed by atoms with Gasteiger partial charge in [-0.05, 0) is 38.8 Å². The highest BCUT2D eigenvalue weighted by molar-refractivity contribution is 5.84. The Hall–Kier alpha value is -1.51. The molecule has 1 aromatic rings. The Kier molecular flexibility index (Phi) is 3.60. The van der Waals surface area contributed by atoms with Crippen molar-refractivity contribution in [2.45, 2.75) is 45.1 Å². The second kappa shape index (κ2) is 5.01. The summed E-state index contributed by atoms with van der Waals surface area (Å²) < 4.78 is 0. The molecule has 98 valence electrons. The van der Waals surface area contributed by atoms with Crippen LogP contribution in [0.4, 0.5) is 5.69 Å². The fourth-order valence-electron chi connectivity index (χ4n) is 3.02. The molecule has 0 unspecified atom stereocenters. The van der Waals surface area contributed by atoms with E-state index >= 15 is 0 Å². The number of rotatable bonds is 4. The first kappa shape index (κ1) is 12.9. The lowest BCUT2D eigenvalue weighted by atomic mass is 9.94. The molecule has 0 atom stereocenters. The van der Waals surface area contributed by atoms with Crippen LogP contribution in [-0.4, -0.2) is 23.2 Å². The molecule has 0 amide bonds. The number of aliphatic carboxylic acids is 1. The van der Waals surface area contributed by atoms with Gasteiger partial charge in [-0.15, -0.1) is 0 Å². The monoisotopic (exact) mass is 247 g/mol. The molecule has 0 heterocycles. The van der Waals surface area contributed by atoms with E-state index in [-0.39, 0.29) is 0 Å². The number of carboxylic acids is 1. The first-order chi connectivity index (χ1) is 8.60. The van der Waals surface area contributed by atoms with Crippen molar-refractivity contribution in [2.24, 2.45) is 0 Å². The Morgan fingerprint density at radius 3 is 2.28 bits per heavy atom. The second-order valence-electron chi connectivity index (χ2n) is 5.12. The van der Waals surface area contributed by atoms with Gasteiger partial charge in [0.05, 0.1) is 0 Å². The number of carbonyl (C=O) groups is 1. The molecule has 1 aromatic carbocycles. The van der Waals surface area contributed by atoms with Crippen molar-refractivity contribution in [1.29, 1.82) is 0 Å². The van der Waals surface area contributed by atoms with Crippen molar-refractivity contribution in [3.05, 3.63) is 29.8 Å². The van der Waals surface area contributed by atoms with Crippen LogP contribution in [0, 0.1) is 6.92 Å². The number of aryl methyl sites for hydroxylation is 1. The van der Waals surface area contributed by atoms with Gasteiger partial charge >= 0.3 is 5.97 Å². The van der Waals surface area contributed by atoms with Crippen LogP contribution in [0.5, 0.6) is 0 Å². The van der Waals surface area contributed by atoms with Crippen LogP contribution in [0.1, 0.15) is 38.2 Å². The average Bonchev–Trinajstić information content (AvgIpc) is 2.83. The molecule has 0 aromatic heterocycles. The van der Waals surface area contributed by atoms with Gasteiger partial charge in [-0.25, -0.2) is 4.79 Å². The van der Waals surface area contributed by atoms with E-state index in [1.54, 1.807) is 0 Å². The van der Waals surface area contributed by atoms with Crippen LogP contribution in [0.15, 0.2) is 24.3 Å². The SMILES string of the molecule is CCN(c1ccc(C)cc1)C1(C(=O)O)CCCC1. The highest BCUT2D eigenvalue weighted by Crippen LogP contribution is 2.38. The normalized spacial score (nSPS) is 17.7. The maximum atomic E-state index is 11.7. The Morgan fingerprint density at radius 1 is 1.28 bits per heavy atom. The van der Waals surface area contributed by atoms with Gasteiger partial charge in [0.25, 0.3) is 0 Å². The second-order valence-corrected chi connectivity index (χ2v) is 5.12. The number of hydrogen-bond donors (Lipinski definition) is 1. The van der Waals surface area contributed by atoms with Crippen molar-refractivity contribution in [1.82, 2.24) is 0 Å². The van der Waals surface area contributed by atoms with Crippen LogP contribution >= 0.6 is 0 Å². The predicted octanol–water partition coefficient (Wildman–Crippen LogP) is 3.22. The maximum absolute atomic E-state index is 11.7. The third kappa shape index (κ3) is 2.09. The summed E-state index contributed by atoms with van der Waals surface area (Å²) in [5, 5.41) is 9.64. The third-order valence-electron chi connectivity index (χ3n) is 4.01. The zero-order valence-corrected chi connectivity index (χ0v) is 11.1.